The van der Waals surface area contributed by atoms with Gasteiger partial charge in [0.05, 0.1) is 31.7 Å². The number of hydrogen-bond acceptors (Lipinski definition) is 5. The standard InChI is InChI=1S/C17H19N3O4/c1-20(11-12-4-6-13(7-5-12)16(21)24-3)17(22)19-14-8-9-15(23-2)18-10-14/h4-10H,11H2,1-3H3,(H,19,22). The number of nitrogens with one attached hydrogen (secondary N) is 1. The van der Waals surface area contributed by atoms with Crippen LogP contribution in [0.4, 0.5) is 10.5 Å². The second kappa shape index (κ2) is 7.96. The Labute approximate surface area is 140 Å². The van der Waals surface area contributed by atoms with E-state index in [0.717, 1.165) is 5.56 Å². The second-order valence-corrected chi connectivity index (χ2v) is 5.06. The number of esters is 1. The van der Waals surface area contributed by atoms with E-state index in [0.29, 0.717) is 23.7 Å². The van der Waals surface area contributed by atoms with Crippen LogP contribution in [-0.2, 0) is 11.3 Å². The number of methoxy groups -OCH3 is 2. The summed E-state index contributed by atoms with van der Waals surface area (Å²) in [5, 5.41) is 2.75. The number of hydrogen-bond donors (Lipinski definition) is 1. The Morgan fingerprint density at radius 2 is 1.83 bits per heavy atom. The average Bonchev–Trinajstić information content (AvgIpc) is 2.62. The van der Waals surface area contributed by atoms with Gasteiger partial charge in [0.2, 0.25) is 5.88 Å². The molecule has 0 bridgehead atoms. The highest BCUT2D eigenvalue weighted by molar-refractivity contribution is 5.90. The molecule has 0 fully saturated rings. The van der Waals surface area contributed by atoms with Crippen molar-refractivity contribution >= 4 is 17.7 Å². The van der Waals surface area contributed by atoms with Crippen LogP contribution < -0.4 is 10.1 Å². The van der Waals surface area contributed by atoms with E-state index in [1.54, 1.807) is 43.4 Å². The van der Waals surface area contributed by atoms with E-state index in [1.165, 1.54) is 25.3 Å². The minimum absolute atomic E-state index is 0.265. The monoisotopic (exact) mass is 329 g/mol. The molecule has 24 heavy (non-hydrogen) atoms. The van der Waals surface area contributed by atoms with Crippen LogP contribution >= 0.6 is 0 Å². The third-order valence-corrected chi connectivity index (χ3v) is 3.34. The largest absolute Gasteiger partial charge is 0.481 e. The van der Waals surface area contributed by atoms with Crippen molar-refractivity contribution in [1.29, 1.82) is 0 Å². The van der Waals surface area contributed by atoms with Crippen molar-refractivity contribution in [3.05, 3.63) is 53.7 Å². The number of benzene rings is 1. The first-order valence-corrected chi connectivity index (χ1v) is 7.23. The number of urea groups is 1. The van der Waals surface area contributed by atoms with Crippen LogP contribution in [-0.4, -0.2) is 43.2 Å². The lowest BCUT2D eigenvalue weighted by Gasteiger charge is -2.18. The fourth-order valence-corrected chi connectivity index (χ4v) is 2.00. The number of carbonyl (C=O) groups excluding carboxylic acids is 2. The van der Waals surface area contributed by atoms with Gasteiger partial charge in [-0.2, -0.15) is 0 Å². The molecule has 126 valence electrons. The molecule has 0 aliphatic rings. The smallest absolute Gasteiger partial charge is 0.337 e. The molecule has 0 aliphatic heterocycles. The number of carbonyl (C=O) groups is 2. The van der Waals surface area contributed by atoms with Gasteiger partial charge in [-0.3, -0.25) is 0 Å². The highest BCUT2D eigenvalue weighted by Crippen LogP contribution is 2.13. The van der Waals surface area contributed by atoms with Crippen molar-refractivity contribution in [1.82, 2.24) is 9.88 Å². The number of ether oxygens (including phenoxy) is 2. The van der Waals surface area contributed by atoms with Gasteiger partial charge in [0.25, 0.3) is 0 Å². The van der Waals surface area contributed by atoms with E-state index in [4.69, 9.17) is 4.74 Å². The second-order valence-electron chi connectivity index (χ2n) is 5.06. The summed E-state index contributed by atoms with van der Waals surface area (Å²) in [5.41, 5.74) is 1.94. The molecular weight excluding hydrogens is 310 g/mol. The molecule has 1 heterocycles. The zero-order valence-corrected chi connectivity index (χ0v) is 13.8. The Kier molecular flexibility index (Phi) is 5.73. The summed E-state index contributed by atoms with van der Waals surface area (Å²) >= 11 is 0. The average molecular weight is 329 g/mol. The maximum absolute atomic E-state index is 12.2. The molecule has 0 spiro atoms. The van der Waals surface area contributed by atoms with Crippen molar-refractivity contribution < 1.29 is 19.1 Å². The van der Waals surface area contributed by atoms with Gasteiger partial charge in [-0.05, 0) is 23.8 Å². The van der Waals surface area contributed by atoms with Crippen LogP contribution in [0.15, 0.2) is 42.6 Å². The normalized spacial score (nSPS) is 9.96. The molecule has 0 aliphatic carbocycles. The van der Waals surface area contributed by atoms with Gasteiger partial charge in [-0.15, -0.1) is 0 Å². The molecule has 0 saturated heterocycles. The molecule has 0 saturated carbocycles. The maximum atomic E-state index is 12.2. The number of rotatable bonds is 5. The molecule has 1 aromatic carbocycles. The first-order valence-electron chi connectivity index (χ1n) is 7.23. The van der Waals surface area contributed by atoms with Gasteiger partial charge in [0.15, 0.2) is 0 Å². The number of amides is 2. The van der Waals surface area contributed by atoms with Gasteiger partial charge in [0.1, 0.15) is 0 Å². The molecule has 7 nitrogen and oxygen atoms in total. The zero-order valence-electron chi connectivity index (χ0n) is 13.8. The van der Waals surface area contributed by atoms with Crippen molar-refractivity contribution in [3.8, 4) is 5.88 Å². The lowest BCUT2D eigenvalue weighted by atomic mass is 10.1. The van der Waals surface area contributed by atoms with E-state index in [1.807, 2.05) is 0 Å². The number of aromatic nitrogens is 1. The molecule has 2 aromatic rings. The SMILES string of the molecule is COC(=O)c1ccc(CN(C)C(=O)Nc2ccc(OC)nc2)cc1. The van der Waals surface area contributed by atoms with E-state index in [-0.39, 0.29) is 12.0 Å². The predicted molar refractivity (Wildman–Crippen MR) is 89.1 cm³/mol. The van der Waals surface area contributed by atoms with Crippen molar-refractivity contribution in [2.75, 3.05) is 26.6 Å². The Morgan fingerprint density at radius 3 is 2.38 bits per heavy atom. The summed E-state index contributed by atoms with van der Waals surface area (Å²) in [6, 6.07) is 10.0. The highest BCUT2D eigenvalue weighted by atomic mass is 16.5. The Balaban J connectivity index is 1.94. The van der Waals surface area contributed by atoms with Gasteiger partial charge in [-0.1, -0.05) is 12.1 Å². The fraction of sp³-hybridized carbons (Fsp3) is 0.235. The quantitative estimate of drug-likeness (QED) is 0.853. The topological polar surface area (TPSA) is 80.8 Å². The Morgan fingerprint density at radius 1 is 1.12 bits per heavy atom. The molecular formula is C17H19N3O4. The van der Waals surface area contributed by atoms with Crippen molar-refractivity contribution in [2.24, 2.45) is 0 Å². The lowest BCUT2D eigenvalue weighted by molar-refractivity contribution is 0.0600. The summed E-state index contributed by atoms with van der Waals surface area (Å²) in [6.07, 6.45) is 1.52. The predicted octanol–water partition coefficient (Wildman–Crippen LogP) is 2.54. The van der Waals surface area contributed by atoms with Crippen LogP contribution in [0.5, 0.6) is 5.88 Å². The van der Waals surface area contributed by atoms with Gasteiger partial charge in [-0.25, -0.2) is 14.6 Å². The Hall–Kier alpha value is -3.09. The minimum Gasteiger partial charge on any atom is -0.481 e. The molecule has 1 aromatic heterocycles. The van der Waals surface area contributed by atoms with Crippen molar-refractivity contribution in [2.45, 2.75) is 6.54 Å². The van der Waals surface area contributed by atoms with Gasteiger partial charge in [0, 0.05) is 19.7 Å². The number of pyridine rings is 1. The van der Waals surface area contributed by atoms with E-state index < -0.39 is 0 Å². The summed E-state index contributed by atoms with van der Waals surface area (Å²) < 4.78 is 9.62. The van der Waals surface area contributed by atoms with E-state index in [2.05, 4.69) is 15.0 Å². The number of nitrogens with zero attached hydrogens (tertiary/aromatic N) is 2. The van der Waals surface area contributed by atoms with E-state index >= 15 is 0 Å². The molecule has 2 rings (SSSR count). The summed E-state index contributed by atoms with van der Waals surface area (Å²) in [5.74, 6) is 0.0895. The highest BCUT2D eigenvalue weighted by Gasteiger charge is 2.11. The van der Waals surface area contributed by atoms with Gasteiger partial charge < -0.3 is 19.7 Å². The van der Waals surface area contributed by atoms with E-state index in [9.17, 15) is 9.59 Å². The minimum atomic E-state index is -0.389. The molecule has 0 atom stereocenters. The third kappa shape index (κ3) is 4.45. The van der Waals surface area contributed by atoms with Crippen LogP contribution in [0.3, 0.4) is 0 Å². The third-order valence-electron chi connectivity index (χ3n) is 3.34. The molecule has 0 unspecified atom stereocenters. The number of anilines is 1. The zero-order chi connectivity index (χ0) is 17.5. The summed E-state index contributed by atoms with van der Waals surface area (Å²) in [4.78, 5) is 29.1. The maximum Gasteiger partial charge on any atom is 0.337 e. The fourth-order valence-electron chi connectivity index (χ4n) is 2.00. The molecule has 2 amide bonds. The van der Waals surface area contributed by atoms with Crippen LogP contribution in [0.1, 0.15) is 15.9 Å². The van der Waals surface area contributed by atoms with Crippen LogP contribution in [0, 0.1) is 0 Å². The molecule has 0 radical (unpaired) electrons. The first kappa shape index (κ1) is 17.3. The molecule has 7 heteroatoms. The summed E-state index contributed by atoms with van der Waals surface area (Å²) in [7, 11) is 4.54. The van der Waals surface area contributed by atoms with Crippen molar-refractivity contribution in [3.63, 3.8) is 0 Å². The summed E-state index contributed by atoms with van der Waals surface area (Å²) in [6.45, 7) is 0.400. The van der Waals surface area contributed by atoms with Gasteiger partial charge >= 0.3 is 12.0 Å². The Bertz CT molecular complexity index is 699. The first-order chi connectivity index (χ1) is 11.5. The molecule has 1 N–H and O–H groups in total. The lowest BCUT2D eigenvalue weighted by Crippen LogP contribution is -2.30. The van der Waals surface area contributed by atoms with Crippen LogP contribution in [0.25, 0.3) is 0 Å². The van der Waals surface area contributed by atoms with Crippen LogP contribution in [0.2, 0.25) is 0 Å².